The Bertz CT molecular complexity index is 732. The molecule has 0 spiro atoms. The van der Waals surface area contributed by atoms with Gasteiger partial charge in [-0.2, -0.15) is 0 Å². The van der Waals surface area contributed by atoms with E-state index in [-0.39, 0.29) is 17.6 Å². The summed E-state index contributed by atoms with van der Waals surface area (Å²) in [7, 11) is 0. The van der Waals surface area contributed by atoms with E-state index >= 15 is 0 Å². The second-order valence-corrected chi connectivity index (χ2v) is 6.91. The van der Waals surface area contributed by atoms with Crippen LogP contribution < -0.4 is 5.32 Å². The van der Waals surface area contributed by atoms with Crippen LogP contribution in [0.15, 0.2) is 47.1 Å². The van der Waals surface area contributed by atoms with Crippen LogP contribution in [0.25, 0.3) is 0 Å². The van der Waals surface area contributed by atoms with E-state index in [4.69, 9.17) is 9.84 Å². The van der Waals surface area contributed by atoms with Gasteiger partial charge in [-0.1, -0.05) is 37.3 Å². The van der Waals surface area contributed by atoms with Gasteiger partial charge in [-0.25, -0.2) is 9.59 Å². The molecular weight excluding hydrogens is 346 g/mol. The molecule has 0 saturated carbocycles. The molecule has 1 aromatic rings. The Morgan fingerprint density at radius 2 is 2.11 bits per heavy atom. The second-order valence-electron chi connectivity index (χ2n) is 6.91. The van der Waals surface area contributed by atoms with Crippen LogP contribution in [-0.4, -0.2) is 53.5 Å². The number of piperidine rings is 1. The van der Waals surface area contributed by atoms with Crippen molar-refractivity contribution in [3.05, 3.63) is 47.7 Å². The van der Waals surface area contributed by atoms with Gasteiger partial charge < -0.3 is 15.2 Å². The van der Waals surface area contributed by atoms with E-state index in [1.807, 2.05) is 18.2 Å². The number of carbonyl (C=O) groups is 2. The number of rotatable bonds is 6. The number of ether oxygens (including phenoxy) is 1. The first kappa shape index (κ1) is 19.1. The molecule has 1 fully saturated rings. The third-order valence-corrected chi connectivity index (χ3v) is 5.01. The summed E-state index contributed by atoms with van der Waals surface area (Å²) in [6.07, 6.45) is 3.15. The summed E-state index contributed by atoms with van der Waals surface area (Å²) >= 11 is 0. The summed E-state index contributed by atoms with van der Waals surface area (Å²) < 4.78 is 5.72. The number of nitrogens with one attached hydrogen (secondary N) is 1. The van der Waals surface area contributed by atoms with E-state index in [9.17, 15) is 9.59 Å². The van der Waals surface area contributed by atoms with E-state index in [0.29, 0.717) is 0 Å². The van der Waals surface area contributed by atoms with E-state index in [1.165, 1.54) is 18.0 Å². The molecule has 0 amide bonds. The van der Waals surface area contributed by atoms with Gasteiger partial charge in [0.1, 0.15) is 6.10 Å². The number of carboxylic acids is 1. The summed E-state index contributed by atoms with van der Waals surface area (Å²) in [6.45, 7) is 4.76. The molecule has 2 N–H and O–H groups in total. The highest BCUT2D eigenvalue weighted by atomic mass is 16.5. The maximum atomic E-state index is 12.4. The van der Waals surface area contributed by atoms with Gasteiger partial charge in [-0.3, -0.25) is 9.89 Å². The number of aliphatic carboxylic acids is 1. The predicted molar refractivity (Wildman–Crippen MR) is 101 cm³/mol. The second kappa shape index (κ2) is 8.81. The molecule has 27 heavy (non-hydrogen) atoms. The Balaban J connectivity index is 1.54. The van der Waals surface area contributed by atoms with E-state index in [0.717, 1.165) is 32.5 Å². The van der Waals surface area contributed by atoms with Gasteiger partial charge in [-0.05, 0) is 18.4 Å². The fourth-order valence-corrected chi connectivity index (χ4v) is 3.47. The number of nitrogens with zero attached hydrogens (tertiary/aromatic N) is 2. The van der Waals surface area contributed by atoms with Crippen LogP contribution in [0.4, 0.5) is 0 Å². The number of esters is 1. The van der Waals surface area contributed by atoms with Crippen molar-refractivity contribution in [1.82, 2.24) is 10.2 Å². The van der Waals surface area contributed by atoms with Gasteiger partial charge in [0, 0.05) is 38.0 Å². The monoisotopic (exact) mass is 371 g/mol. The molecule has 2 heterocycles. The highest BCUT2D eigenvalue weighted by Gasteiger charge is 2.32. The van der Waals surface area contributed by atoms with Gasteiger partial charge in [0.25, 0.3) is 0 Å². The van der Waals surface area contributed by atoms with Crippen molar-refractivity contribution in [2.24, 2.45) is 10.9 Å². The molecule has 3 atom stereocenters. The quantitative estimate of drug-likeness (QED) is 0.741. The lowest BCUT2D eigenvalue weighted by Gasteiger charge is -2.37. The standard InChI is InChI=1S/C20H25N3O4/c1-2-15-13-23(12-14-6-4-3-5-7-14)9-8-17(15)27-20(26)16-10-21-18(19(24)25)22-11-16/h3-7,10-11,15,17-18,21H,2,8-9,12-13H2,1H3,(H,24,25). The molecule has 0 aliphatic carbocycles. The highest BCUT2D eigenvalue weighted by Crippen LogP contribution is 2.25. The smallest absolute Gasteiger partial charge is 0.349 e. The molecule has 7 heteroatoms. The SMILES string of the molecule is CCC1CN(Cc2ccccc2)CCC1OC(=O)C1=CNC(C(=O)O)N=C1. The van der Waals surface area contributed by atoms with Gasteiger partial charge in [0.15, 0.2) is 0 Å². The largest absolute Gasteiger partial charge is 0.478 e. The van der Waals surface area contributed by atoms with Crippen molar-refractivity contribution >= 4 is 18.2 Å². The van der Waals surface area contributed by atoms with Gasteiger partial charge in [-0.15, -0.1) is 0 Å². The van der Waals surface area contributed by atoms with Crippen molar-refractivity contribution in [2.75, 3.05) is 13.1 Å². The molecule has 144 valence electrons. The average molecular weight is 371 g/mol. The summed E-state index contributed by atoms with van der Waals surface area (Å²) in [5, 5.41) is 11.5. The maximum Gasteiger partial charge on any atom is 0.349 e. The summed E-state index contributed by atoms with van der Waals surface area (Å²) in [5.74, 6) is -1.28. The summed E-state index contributed by atoms with van der Waals surface area (Å²) in [6, 6.07) is 10.4. The molecule has 3 unspecified atom stereocenters. The Morgan fingerprint density at radius 1 is 1.33 bits per heavy atom. The third-order valence-electron chi connectivity index (χ3n) is 5.01. The number of hydrogen-bond donors (Lipinski definition) is 2. The molecule has 1 saturated heterocycles. The summed E-state index contributed by atoms with van der Waals surface area (Å²) in [5.41, 5.74) is 1.53. The average Bonchev–Trinajstić information content (AvgIpc) is 2.70. The zero-order chi connectivity index (χ0) is 19.2. The van der Waals surface area contributed by atoms with Crippen molar-refractivity contribution in [3.63, 3.8) is 0 Å². The van der Waals surface area contributed by atoms with Gasteiger partial charge >= 0.3 is 11.9 Å². The van der Waals surface area contributed by atoms with Gasteiger partial charge in [0.05, 0.1) is 5.57 Å². The molecule has 0 radical (unpaired) electrons. The fraction of sp³-hybridized carbons (Fsp3) is 0.450. The van der Waals surface area contributed by atoms with Crippen molar-refractivity contribution < 1.29 is 19.4 Å². The van der Waals surface area contributed by atoms with Crippen LogP contribution in [0, 0.1) is 5.92 Å². The van der Waals surface area contributed by atoms with Crippen LogP contribution in [0.1, 0.15) is 25.3 Å². The van der Waals surface area contributed by atoms with Crippen LogP contribution >= 0.6 is 0 Å². The number of benzene rings is 1. The Hall–Kier alpha value is -2.67. The number of carbonyl (C=O) groups excluding carboxylic acids is 1. The third kappa shape index (κ3) is 4.95. The molecule has 3 rings (SSSR count). The minimum absolute atomic E-state index is 0.138. The molecule has 2 aliphatic heterocycles. The zero-order valence-electron chi connectivity index (χ0n) is 15.4. The number of aliphatic imine (C=N–C) groups is 1. The molecule has 1 aromatic carbocycles. The molecule has 0 bridgehead atoms. The number of likely N-dealkylation sites (tertiary alicyclic amines) is 1. The van der Waals surface area contributed by atoms with Crippen LogP contribution in [0.3, 0.4) is 0 Å². The van der Waals surface area contributed by atoms with E-state index < -0.39 is 18.1 Å². The lowest BCUT2D eigenvalue weighted by molar-refractivity contribution is -0.150. The highest BCUT2D eigenvalue weighted by molar-refractivity contribution is 6.10. The van der Waals surface area contributed by atoms with Gasteiger partial charge in [0.2, 0.25) is 6.17 Å². The number of carboxylic acid groups (broad SMARTS) is 1. The van der Waals surface area contributed by atoms with Crippen molar-refractivity contribution in [2.45, 2.75) is 38.6 Å². The lowest BCUT2D eigenvalue weighted by atomic mass is 9.92. The molecule has 7 nitrogen and oxygen atoms in total. The minimum Gasteiger partial charge on any atom is -0.478 e. The van der Waals surface area contributed by atoms with E-state index in [1.54, 1.807) is 0 Å². The topological polar surface area (TPSA) is 91.2 Å². The molecular formula is C20H25N3O4. The molecule has 0 aromatic heterocycles. The van der Waals surface area contributed by atoms with Crippen LogP contribution in [0.5, 0.6) is 0 Å². The van der Waals surface area contributed by atoms with Crippen molar-refractivity contribution in [3.8, 4) is 0 Å². The summed E-state index contributed by atoms with van der Waals surface area (Å²) in [4.78, 5) is 29.5. The Kier molecular flexibility index (Phi) is 6.24. The van der Waals surface area contributed by atoms with Crippen molar-refractivity contribution in [1.29, 1.82) is 0 Å². The van der Waals surface area contributed by atoms with E-state index in [2.05, 4.69) is 34.3 Å². The zero-order valence-corrected chi connectivity index (χ0v) is 15.4. The predicted octanol–water partition coefficient (Wildman–Crippen LogP) is 1.80. The molecule has 2 aliphatic rings. The Labute approximate surface area is 158 Å². The first-order valence-electron chi connectivity index (χ1n) is 9.26. The lowest BCUT2D eigenvalue weighted by Crippen LogP contribution is -2.44. The Morgan fingerprint density at radius 3 is 2.74 bits per heavy atom. The minimum atomic E-state index is -1.09. The van der Waals surface area contributed by atoms with Crippen LogP contribution in [0.2, 0.25) is 0 Å². The normalized spacial score (nSPS) is 25.4. The van der Waals surface area contributed by atoms with Crippen LogP contribution in [-0.2, 0) is 20.9 Å². The number of hydrogen-bond acceptors (Lipinski definition) is 6. The fourth-order valence-electron chi connectivity index (χ4n) is 3.47. The first-order chi connectivity index (χ1) is 13.1. The maximum absolute atomic E-state index is 12.4. The first-order valence-corrected chi connectivity index (χ1v) is 9.26.